The fraction of sp³-hybridized carbons (Fsp3) is 0.229. The minimum atomic E-state index is -2.02. The number of benzene rings is 4. The van der Waals surface area contributed by atoms with Crippen molar-refractivity contribution in [3.05, 3.63) is 137 Å². The van der Waals surface area contributed by atoms with Crippen LogP contribution in [0.4, 0.5) is 0 Å². The summed E-state index contributed by atoms with van der Waals surface area (Å²) in [5, 5.41) is 25.3. The Bertz CT molecular complexity index is 1780. The predicted molar refractivity (Wildman–Crippen MR) is 183 cm³/mol. The summed E-state index contributed by atoms with van der Waals surface area (Å²) in [4.78, 5) is 29.2. The molecule has 4 aromatic carbocycles. The Morgan fingerprint density at radius 2 is 1.49 bits per heavy atom. The lowest BCUT2D eigenvalue weighted by atomic mass is 9.47. The third-order valence-electron chi connectivity index (χ3n) is 8.52. The van der Waals surface area contributed by atoms with Gasteiger partial charge >= 0.3 is 5.97 Å². The Hall–Kier alpha value is -2.70. The third kappa shape index (κ3) is 6.22. The van der Waals surface area contributed by atoms with Crippen LogP contribution >= 0.6 is 66.7 Å². The highest BCUT2D eigenvalue weighted by atomic mass is 79.9. The van der Waals surface area contributed by atoms with Crippen molar-refractivity contribution in [1.82, 2.24) is 0 Å². The minimum Gasteiger partial charge on any atom is -0.465 e. The van der Waals surface area contributed by atoms with Crippen LogP contribution in [0.15, 0.2) is 99.9 Å². The van der Waals surface area contributed by atoms with Gasteiger partial charge in [0.1, 0.15) is 5.60 Å². The zero-order valence-corrected chi connectivity index (χ0v) is 29.3. The first-order chi connectivity index (χ1) is 21.5. The molecule has 0 radical (unpaired) electrons. The van der Waals surface area contributed by atoms with Gasteiger partial charge in [0.2, 0.25) is 0 Å². The zero-order chi connectivity index (χ0) is 32.5. The number of ether oxygens (including phenoxy) is 1. The van der Waals surface area contributed by atoms with Crippen molar-refractivity contribution in [3.63, 3.8) is 0 Å². The Morgan fingerprint density at radius 1 is 0.911 bits per heavy atom. The Kier molecular flexibility index (Phi) is 10.2. The molecule has 230 valence electrons. The molecule has 0 aliphatic heterocycles. The maximum absolute atomic E-state index is 14.8. The van der Waals surface area contributed by atoms with E-state index in [1.807, 2.05) is 0 Å². The molecule has 0 unspecified atom stereocenters. The van der Waals surface area contributed by atoms with Crippen LogP contribution in [-0.4, -0.2) is 23.5 Å². The zero-order valence-electron chi connectivity index (χ0n) is 23.8. The molecule has 1 saturated carbocycles. The van der Waals surface area contributed by atoms with Crippen molar-refractivity contribution in [2.75, 3.05) is 6.61 Å². The number of rotatable bonds is 7. The standard InChI is InChI=1S/C35H26Br2Cl3NO4/c1-2-45-33(43)34(19-41)28(27-16-15-26(39)17-29(27)40)18-35(44,22-7-11-24(37)12-8-22)31(30(34)20-5-13-25(38)14-6-20)32(42)21-3-9-23(36)10-4-21/h3-17,28,30-31,44H,2,18H2,1H3/t28-,30-,31-,34+,35-/m0/s1. The van der Waals surface area contributed by atoms with Gasteiger partial charge < -0.3 is 9.84 Å². The fourth-order valence-electron chi connectivity index (χ4n) is 6.53. The quantitative estimate of drug-likeness (QED) is 0.149. The van der Waals surface area contributed by atoms with Crippen molar-refractivity contribution < 1.29 is 19.4 Å². The fourth-order valence-corrected chi connectivity index (χ4v) is 7.72. The summed E-state index contributed by atoms with van der Waals surface area (Å²) in [5.41, 5.74) is -2.30. The maximum atomic E-state index is 14.8. The van der Waals surface area contributed by atoms with Gasteiger partial charge in [-0.15, -0.1) is 0 Å². The molecule has 0 aromatic heterocycles. The number of nitriles is 1. The summed E-state index contributed by atoms with van der Waals surface area (Å²) in [7, 11) is 0. The number of hydrogen-bond donors (Lipinski definition) is 1. The van der Waals surface area contributed by atoms with Gasteiger partial charge in [-0.25, -0.2) is 0 Å². The molecule has 5 nitrogen and oxygen atoms in total. The molecule has 1 fully saturated rings. The number of hydrogen-bond acceptors (Lipinski definition) is 5. The molecule has 0 bridgehead atoms. The molecule has 5 atom stereocenters. The number of carbonyl (C=O) groups is 2. The highest BCUT2D eigenvalue weighted by Gasteiger charge is 2.68. The van der Waals surface area contributed by atoms with Crippen LogP contribution in [0.25, 0.3) is 0 Å². The summed E-state index contributed by atoms with van der Waals surface area (Å²) >= 11 is 26.2. The van der Waals surface area contributed by atoms with Gasteiger partial charge in [0.25, 0.3) is 0 Å². The van der Waals surface area contributed by atoms with Gasteiger partial charge in [-0.1, -0.05) is 109 Å². The number of nitrogens with zero attached hydrogens (tertiary/aromatic N) is 1. The molecule has 1 aliphatic rings. The molecular weight excluding hydrogens is 765 g/mol. The summed E-state index contributed by atoms with van der Waals surface area (Å²) in [6.07, 6.45) is -0.209. The van der Waals surface area contributed by atoms with E-state index in [4.69, 9.17) is 39.5 Å². The number of halogens is 5. The monoisotopic (exact) mass is 787 g/mol. The number of Topliss-reactive ketones (excluding diaryl/α,β-unsaturated/α-hetero) is 1. The van der Waals surface area contributed by atoms with Crippen LogP contribution < -0.4 is 0 Å². The van der Waals surface area contributed by atoms with Crippen LogP contribution in [0.2, 0.25) is 15.1 Å². The molecule has 45 heavy (non-hydrogen) atoms. The van der Waals surface area contributed by atoms with Crippen molar-refractivity contribution >= 4 is 78.4 Å². The number of ketones is 1. The van der Waals surface area contributed by atoms with Gasteiger partial charge in [-0.2, -0.15) is 5.26 Å². The lowest BCUT2D eigenvalue weighted by molar-refractivity contribution is -0.164. The van der Waals surface area contributed by atoms with Crippen LogP contribution in [0, 0.1) is 22.7 Å². The van der Waals surface area contributed by atoms with Gasteiger partial charge in [0.15, 0.2) is 11.2 Å². The van der Waals surface area contributed by atoms with Gasteiger partial charge in [0.05, 0.1) is 18.6 Å². The predicted octanol–water partition coefficient (Wildman–Crippen LogP) is 9.90. The molecule has 5 rings (SSSR count). The molecule has 10 heteroatoms. The average molecular weight is 791 g/mol. The Labute approximate surface area is 293 Å². The van der Waals surface area contributed by atoms with Crippen LogP contribution in [0.1, 0.15) is 52.2 Å². The van der Waals surface area contributed by atoms with Crippen molar-refractivity contribution in [1.29, 1.82) is 5.26 Å². The van der Waals surface area contributed by atoms with E-state index in [2.05, 4.69) is 37.9 Å². The van der Waals surface area contributed by atoms with Crippen molar-refractivity contribution in [2.24, 2.45) is 11.3 Å². The van der Waals surface area contributed by atoms with Crippen LogP contribution in [0.3, 0.4) is 0 Å². The van der Waals surface area contributed by atoms with Gasteiger partial charge in [0, 0.05) is 41.4 Å². The second-order valence-corrected chi connectivity index (χ2v) is 14.0. The Balaban J connectivity index is 1.91. The van der Waals surface area contributed by atoms with E-state index >= 15 is 0 Å². The topological polar surface area (TPSA) is 87.4 Å². The van der Waals surface area contributed by atoms with Gasteiger partial charge in [-0.3, -0.25) is 9.59 Å². The summed E-state index contributed by atoms with van der Waals surface area (Å²) in [6, 6.07) is 27.5. The van der Waals surface area contributed by atoms with E-state index in [9.17, 15) is 20.0 Å². The molecule has 1 N–H and O–H groups in total. The molecule has 0 spiro atoms. The molecule has 0 saturated heterocycles. The lowest BCUT2D eigenvalue weighted by Crippen LogP contribution is -2.59. The molecule has 0 amide bonds. The largest absolute Gasteiger partial charge is 0.465 e. The smallest absolute Gasteiger partial charge is 0.327 e. The van der Waals surface area contributed by atoms with Gasteiger partial charge in [-0.05, 0) is 78.6 Å². The first kappa shape index (κ1) is 33.7. The first-order valence-electron chi connectivity index (χ1n) is 14.0. The maximum Gasteiger partial charge on any atom is 0.327 e. The SMILES string of the molecule is CCOC(=O)[C@]1(C#N)[C@H](c2ccc(Cl)cc2Cl)C[C@](O)(c2ccc(Br)cc2)[C@H](C(=O)c2ccc(Br)cc2)[C@@H]1c1ccc(Cl)cc1. The highest BCUT2D eigenvalue weighted by molar-refractivity contribution is 9.10. The number of esters is 1. The van der Waals surface area contributed by atoms with Crippen LogP contribution in [-0.2, 0) is 15.1 Å². The first-order valence-corrected chi connectivity index (χ1v) is 16.7. The molecule has 4 aromatic rings. The van der Waals surface area contributed by atoms with Crippen molar-refractivity contribution in [3.8, 4) is 6.07 Å². The van der Waals surface area contributed by atoms with Crippen molar-refractivity contribution in [2.45, 2.75) is 30.8 Å². The lowest BCUT2D eigenvalue weighted by Gasteiger charge is -2.54. The van der Waals surface area contributed by atoms with E-state index in [1.165, 1.54) is 6.07 Å². The van der Waals surface area contributed by atoms with E-state index in [-0.39, 0.29) is 18.1 Å². The number of aliphatic hydroxyl groups is 1. The third-order valence-corrected chi connectivity index (χ3v) is 10.4. The second-order valence-electron chi connectivity index (χ2n) is 10.9. The summed E-state index contributed by atoms with van der Waals surface area (Å²) in [6.45, 7) is 1.63. The molecule has 1 aliphatic carbocycles. The van der Waals surface area contributed by atoms with E-state index in [0.717, 1.165) is 8.95 Å². The summed E-state index contributed by atoms with van der Waals surface area (Å²) < 4.78 is 7.17. The second kappa shape index (κ2) is 13.6. The van der Waals surface area contributed by atoms with E-state index in [1.54, 1.807) is 91.9 Å². The average Bonchev–Trinajstić information content (AvgIpc) is 3.01. The number of carbonyl (C=O) groups excluding carboxylic acids is 2. The van der Waals surface area contributed by atoms with Crippen LogP contribution in [0.5, 0.6) is 0 Å². The van der Waals surface area contributed by atoms with E-state index < -0.39 is 40.5 Å². The van der Waals surface area contributed by atoms with E-state index in [0.29, 0.717) is 32.3 Å². The molecular formula is C35H26Br2Cl3NO4. The Morgan fingerprint density at radius 3 is 2.04 bits per heavy atom. The summed E-state index contributed by atoms with van der Waals surface area (Å²) in [5.74, 6) is -4.84. The normalized spacial score (nSPS) is 24.4. The highest BCUT2D eigenvalue weighted by Crippen LogP contribution is 2.64. The molecule has 0 heterocycles. The minimum absolute atomic E-state index is 0.0149.